The number of amides is 1. The van der Waals surface area contributed by atoms with Gasteiger partial charge in [-0.05, 0) is 84.5 Å². The lowest BCUT2D eigenvalue weighted by Gasteiger charge is -2.31. The summed E-state index contributed by atoms with van der Waals surface area (Å²) in [6, 6.07) is 22.9. The van der Waals surface area contributed by atoms with Crippen molar-refractivity contribution in [2.24, 2.45) is 0 Å². The number of hydrogen-bond donors (Lipinski definition) is 2. The average molecular weight is 579 g/mol. The Morgan fingerprint density at radius 3 is 2.64 bits per heavy atom. The second-order valence-electron chi connectivity index (χ2n) is 10.3. The van der Waals surface area contributed by atoms with Gasteiger partial charge in [-0.2, -0.15) is 0 Å². The topological polar surface area (TPSA) is 105 Å². The molecule has 2 N–H and O–H groups in total. The summed E-state index contributed by atoms with van der Waals surface area (Å²) in [7, 11) is 0. The van der Waals surface area contributed by atoms with Crippen LogP contribution in [0.1, 0.15) is 50.9 Å². The molecule has 1 aliphatic rings. The summed E-state index contributed by atoms with van der Waals surface area (Å²) in [5, 5.41) is 13.6. The van der Waals surface area contributed by atoms with Crippen LogP contribution in [0.3, 0.4) is 0 Å². The van der Waals surface area contributed by atoms with Crippen molar-refractivity contribution in [1.29, 1.82) is 0 Å². The molecule has 5 aromatic rings. The number of pyridine rings is 1. The summed E-state index contributed by atoms with van der Waals surface area (Å²) in [6.45, 7) is 5.71. The zero-order valence-corrected chi connectivity index (χ0v) is 24.2. The minimum absolute atomic E-state index is 0.00881. The van der Waals surface area contributed by atoms with Crippen LogP contribution in [0, 0.1) is 6.92 Å². The third-order valence-electron chi connectivity index (χ3n) is 7.40. The van der Waals surface area contributed by atoms with E-state index in [9.17, 15) is 14.7 Å². The molecular weight excluding hydrogens is 548 g/mol. The van der Waals surface area contributed by atoms with Crippen LogP contribution >= 0.6 is 11.3 Å². The Labute approximate surface area is 247 Å². The van der Waals surface area contributed by atoms with Crippen molar-refractivity contribution in [1.82, 2.24) is 9.97 Å². The maximum absolute atomic E-state index is 13.4. The molecule has 0 spiro atoms. The summed E-state index contributed by atoms with van der Waals surface area (Å²) in [5.41, 5.74) is 5.68. The van der Waals surface area contributed by atoms with Crippen LogP contribution in [0.4, 0.5) is 10.9 Å². The first-order valence-electron chi connectivity index (χ1n) is 13.9. The van der Waals surface area contributed by atoms with Crippen LogP contribution in [0.25, 0.3) is 21.3 Å². The van der Waals surface area contributed by atoms with Crippen molar-refractivity contribution in [2.75, 3.05) is 23.4 Å². The number of carboxylic acids is 1. The molecule has 0 radical (unpaired) electrons. The Balaban J connectivity index is 1.27. The summed E-state index contributed by atoms with van der Waals surface area (Å²) >= 11 is 1.44. The Morgan fingerprint density at radius 1 is 1.02 bits per heavy atom. The van der Waals surface area contributed by atoms with E-state index in [2.05, 4.69) is 15.3 Å². The van der Waals surface area contributed by atoms with E-state index in [1.165, 1.54) is 11.3 Å². The van der Waals surface area contributed by atoms with E-state index in [4.69, 9.17) is 4.74 Å². The Bertz CT molecular complexity index is 1780. The lowest BCUT2D eigenvalue weighted by molar-refractivity contribution is 0.0691. The van der Waals surface area contributed by atoms with Crippen molar-refractivity contribution in [3.63, 3.8) is 0 Å². The maximum Gasteiger partial charge on any atom is 0.355 e. The average Bonchev–Trinajstić information content (AvgIpc) is 3.41. The van der Waals surface area contributed by atoms with Gasteiger partial charge >= 0.3 is 5.97 Å². The van der Waals surface area contributed by atoms with Gasteiger partial charge in [0.1, 0.15) is 11.6 Å². The molecule has 1 amide bonds. The normalized spacial score (nSPS) is 12.7. The van der Waals surface area contributed by atoms with Gasteiger partial charge in [0, 0.05) is 24.2 Å². The predicted molar refractivity (Wildman–Crippen MR) is 166 cm³/mol. The number of anilines is 2. The van der Waals surface area contributed by atoms with Crippen molar-refractivity contribution >= 4 is 44.4 Å². The number of thiazole rings is 1. The molecule has 8 nitrogen and oxygen atoms in total. The number of para-hydroxylation sites is 1. The summed E-state index contributed by atoms with van der Waals surface area (Å²) in [5.74, 6) is 0.00764. The summed E-state index contributed by atoms with van der Waals surface area (Å²) in [6.07, 6.45) is 1.62. The molecule has 3 heterocycles. The van der Waals surface area contributed by atoms with Crippen LogP contribution in [0.2, 0.25) is 0 Å². The quantitative estimate of drug-likeness (QED) is 0.205. The molecule has 0 saturated heterocycles. The number of aromatic nitrogens is 2. The van der Waals surface area contributed by atoms with Crippen LogP contribution in [0.5, 0.6) is 5.75 Å². The van der Waals surface area contributed by atoms with E-state index in [0.717, 1.165) is 44.6 Å². The number of fused-ring (bicyclic) bond motifs is 2. The standard InChI is InChI=1S/C33H30N4O4S/c1-3-17-41-22-11-12-23(20(2)18-22)24-13-14-29(35-30(24)32(39)40)37-16-15-21-7-6-8-25(26(21)19-37)31(38)36-33-34-27-9-4-5-10-28(27)42-33/h4-14,18H,3,15-17,19H2,1-2H3,(H,39,40)(H,34,36,38). The van der Waals surface area contributed by atoms with Gasteiger partial charge in [0.15, 0.2) is 10.8 Å². The number of ether oxygens (including phenoxy) is 1. The summed E-state index contributed by atoms with van der Waals surface area (Å²) < 4.78 is 6.74. The number of nitrogens with zero attached hydrogens (tertiary/aromatic N) is 3. The minimum Gasteiger partial charge on any atom is -0.494 e. The highest BCUT2D eigenvalue weighted by atomic mass is 32.1. The van der Waals surface area contributed by atoms with Gasteiger partial charge in [-0.15, -0.1) is 0 Å². The van der Waals surface area contributed by atoms with Gasteiger partial charge < -0.3 is 14.7 Å². The molecule has 2 aromatic heterocycles. The predicted octanol–water partition coefficient (Wildman–Crippen LogP) is 6.97. The van der Waals surface area contributed by atoms with Crippen LogP contribution in [-0.2, 0) is 13.0 Å². The highest BCUT2D eigenvalue weighted by Gasteiger charge is 2.25. The minimum atomic E-state index is -1.09. The molecule has 0 aliphatic carbocycles. The smallest absolute Gasteiger partial charge is 0.355 e. The molecule has 0 unspecified atom stereocenters. The van der Waals surface area contributed by atoms with E-state index >= 15 is 0 Å². The monoisotopic (exact) mass is 578 g/mol. The Morgan fingerprint density at radius 2 is 1.86 bits per heavy atom. The first-order chi connectivity index (χ1) is 20.4. The van der Waals surface area contributed by atoms with E-state index in [0.29, 0.717) is 48.2 Å². The fourth-order valence-corrected chi connectivity index (χ4v) is 6.19. The largest absolute Gasteiger partial charge is 0.494 e. The number of carbonyl (C=O) groups excluding carboxylic acids is 1. The second-order valence-corrected chi connectivity index (χ2v) is 11.3. The molecule has 1 aliphatic heterocycles. The van der Waals surface area contributed by atoms with Gasteiger partial charge in [-0.25, -0.2) is 14.8 Å². The molecule has 0 fully saturated rings. The zero-order chi connectivity index (χ0) is 29.2. The number of rotatable bonds is 8. The molecule has 0 bridgehead atoms. The van der Waals surface area contributed by atoms with Crippen molar-refractivity contribution in [2.45, 2.75) is 33.2 Å². The third kappa shape index (κ3) is 5.43. The number of carboxylic acid groups (broad SMARTS) is 1. The second kappa shape index (κ2) is 11.6. The van der Waals surface area contributed by atoms with Gasteiger partial charge in [0.2, 0.25) is 0 Å². The van der Waals surface area contributed by atoms with Gasteiger partial charge in [-0.1, -0.05) is 48.6 Å². The molecular formula is C33H30N4O4S. The number of aromatic carboxylic acids is 1. The number of aryl methyl sites for hydroxylation is 1. The number of benzene rings is 3. The van der Waals surface area contributed by atoms with Gasteiger partial charge in [0.05, 0.1) is 16.8 Å². The van der Waals surface area contributed by atoms with Crippen molar-refractivity contribution in [3.8, 4) is 16.9 Å². The molecule has 42 heavy (non-hydrogen) atoms. The molecule has 9 heteroatoms. The summed E-state index contributed by atoms with van der Waals surface area (Å²) in [4.78, 5) is 36.9. The lowest BCUT2D eigenvalue weighted by atomic mass is 9.94. The van der Waals surface area contributed by atoms with Gasteiger partial charge in [-0.3, -0.25) is 10.1 Å². The molecule has 0 saturated carbocycles. The van der Waals surface area contributed by atoms with Crippen LogP contribution < -0.4 is 15.0 Å². The molecule has 212 valence electrons. The molecule has 3 aromatic carbocycles. The van der Waals surface area contributed by atoms with Crippen LogP contribution in [-0.4, -0.2) is 40.1 Å². The van der Waals surface area contributed by atoms with Gasteiger partial charge in [0.25, 0.3) is 5.91 Å². The number of nitrogens with one attached hydrogen (secondary N) is 1. The molecule has 6 rings (SSSR count). The Kier molecular flexibility index (Phi) is 7.58. The zero-order valence-electron chi connectivity index (χ0n) is 23.4. The van der Waals surface area contributed by atoms with Crippen molar-refractivity contribution in [3.05, 3.63) is 101 Å². The maximum atomic E-state index is 13.4. The van der Waals surface area contributed by atoms with E-state index in [1.807, 2.05) is 91.5 Å². The van der Waals surface area contributed by atoms with E-state index < -0.39 is 5.97 Å². The fraction of sp³-hybridized carbons (Fsp3) is 0.212. The highest BCUT2D eigenvalue weighted by Crippen LogP contribution is 2.33. The van der Waals surface area contributed by atoms with E-state index in [1.54, 1.807) is 0 Å². The van der Waals surface area contributed by atoms with Crippen molar-refractivity contribution < 1.29 is 19.4 Å². The first-order valence-corrected chi connectivity index (χ1v) is 14.7. The molecule has 0 atom stereocenters. The number of hydrogen-bond acceptors (Lipinski definition) is 7. The lowest BCUT2D eigenvalue weighted by Crippen LogP contribution is -2.33. The fourth-order valence-electron chi connectivity index (χ4n) is 5.33. The Hall–Kier alpha value is -4.76. The van der Waals surface area contributed by atoms with E-state index in [-0.39, 0.29) is 11.6 Å². The SMILES string of the molecule is CCCOc1ccc(-c2ccc(N3CCc4cccc(C(=O)Nc5nc6ccccc6s5)c4C3)nc2C(=O)O)c(C)c1. The number of carbonyl (C=O) groups is 2. The van der Waals surface area contributed by atoms with Crippen LogP contribution in [0.15, 0.2) is 72.8 Å². The third-order valence-corrected chi connectivity index (χ3v) is 8.35. The highest BCUT2D eigenvalue weighted by molar-refractivity contribution is 7.22. The first kappa shape index (κ1) is 27.4.